The Hall–Kier alpha value is -2.63. The topological polar surface area (TPSA) is 62.4 Å². The Morgan fingerprint density at radius 2 is 1.83 bits per heavy atom. The number of rotatable bonds is 5. The molecule has 1 heterocycles. The lowest BCUT2D eigenvalue weighted by molar-refractivity contribution is 0.0599. The SMILES string of the molecule is COC(=O)c1c(C)[nH]c(C(=O)N(C)CCc2ccc(F)cc2)c1C. The molecule has 128 valence electrons. The van der Waals surface area contributed by atoms with E-state index in [0.29, 0.717) is 35.5 Å². The van der Waals surface area contributed by atoms with Crippen LogP contribution in [-0.2, 0) is 11.2 Å². The minimum atomic E-state index is -0.464. The van der Waals surface area contributed by atoms with Crippen molar-refractivity contribution in [3.8, 4) is 0 Å². The van der Waals surface area contributed by atoms with Crippen LogP contribution in [0, 0.1) is 19.7 Å². The van der Waals surface area contributed by atoms with Gasteiger partial charge < -0.3 is 14.6 Å². The largest absolute Gasteiger partial charge is 0.465 e. The fourth-order valence-corrected chi connectivity index (χ4v) is 2.61. The predicted molar refractivity (Wildman–Crippen MR) is 88.7 cm³/mol. The number of H-pyrrole nitrogens is 1. The van der Waals surface area contributed by atoms with Gasteiger partial charge in [-0.1, -0.05) is 12.1 Å². The molecular weight excluding hydrogens is 311 g/mol. The second-order valence-electron chi connectivity index (χ2n) is 5.72. The summed E-state index contributed by atoms with van der Waals surface area (Å²) in [5.41, 5.74) is 2.92. The Morgan fingerprint density at radius 1 is 1.21 bits per heavy atom. The molecule has 0 unspecified atom stereocenters. The molecule has 0 saturated heterocycles. The molecular formula is C18H21FN2O3. The molecule has 1 N–H and O–H groups in total. The van der Waals surface area contributed by atoms with E-state index >= 15 is 0 Å². The Bertz CT molecular complexity index is 750. The van der Waals surface area contributed by atoms with Crippen molar-refractivity contribution in [2.75, 3.05) is 20.7 Å². The summed E-state index contributed by atoms with van der Waals surface area (Å²) in [6, 6.07) is 6.21. The molecule has 1 amide bonds. The van der Waals surface area contributed by atoms with Gasteiger partial charge in [0.15, 0.2) is 0 Å². The number of carbonyl (C=O) groups is 2. The number of aryl methyl sites for hydroxylation is 1. The second kappa shape index (κ2) is 7.29. The van der Waals surface area contributed by atoms with Gasteiger partial charge in [0.05, 0.1) is 12.7 Å². The summed E-state index contributed by atoms with van der Waals surface area (Å²) >= 11 is 0. The molecule has 0 bridgehead atoms. The van der Waals surface area contributed by atoms with Gasteiger partial charge in [0.25, 0.3) is 5.91 Å². The molecule has 0 aliphatic carbocycles. The van der Waals surface area contributed by atoms with Gasteiger partial charge in [-0.05, 0) is 43.5 Å². The maximum absolute atomic E-state index is 12.9. The summed E-state index contributed by atoms with van der Waals surface area (Å²) in [7, 11) is 3.00. The molecule has 0 aliphatic heterocycles. The molecule has 24 heavy (non-hydrogen) atoms. The third kappa shape index (κ3) is 3.64. The van der Waals surface area contributed by atoms with E-state index in [2.05, 4.69) is 4.98 Å². The molecule has 0 atom stereocenters. The quantitative estimate of drug-likeness (QED) is 0.857. The monoisotopic (exact) mass is 332 g/mol. The highest BCUT2D eigenvalue weighted by atomic mass is 19.1. The first-order chi connectivity index (χ1) is 11.3. The minimum Gasteiger partial charge on any atom is -0.465 e. The van der Waals surface area contributed by atoms with Gasteiger partial charge in [0, 0.05) is 19.3 Å². The molecule has 0 aliphatic rings. The first kappa shape index (κ1) is 17.7. The third-order valence-corrected chi connectivity index (χ3v) is 4.04. The highest BCUT2D eigenvalue weighted by Crippen LogP contribution is 2.20. The van der Waals surface area contributed by atoms with Crippen LogP contribution in [0.2, 0.25) is 0 Å². The first-order valence-electron chi connectivity index (χ1n) is 7.62. The van der Waals surface area contributed by atoms with Crippen molar-refractivity contribution < 1.29 is 18.7 Å². The Labute approximate surface area is 140 Å². The summed E-state index contributed by atoms with van der Waals surface area (Å²) < 4.78 is 17.7. The number of amides is 1. The second-order valence-corrected chi connectivity index (χ2v) is 5.72. The number of carbonyl (C=O) groups excluding carboxylic acids is 2. The van der Waals surface area contributed by atoms with Gasteiger partial charge in [-0.15, -0.1) is 0 Å². The van der Waals surface area contributed by atoms with Crippen LogP contribution in [-0.4, -0.2) is 42.5 Å². The van der Waals surface area contributed by atoms with Gasteiger partial charge >= 0.3 is 5.97 Å². The number of hydrogen-bond donors (Lipinski definition) is 1. The number of esters is 1. The van der Waals surface area contributed by atoms with E-state index in [1.807, 2.05) is 0 Å². The number of nitrogens with zero attached hydrogens (tertiary/aromatic N) is 1. The molecule has 6 heteroatoms. The van der Waals surface area contributed by atoms with E-state index in [1.54, 1.807) is 37.9 Å². The number of likely N-dealkylation sites (N-methyl/N-ethyl adjacent to an activating group) is 1. The molecule has 0 radical (unpaired) electrons. The number of hydrogen-bond acceptors (Lipinski definition) is 3. The van der Waals surface area contributed by atoms with E-state index in [4.69, 9.17) is 4.74 Å². The highest BCUT2D eigenvalue weighted by Gasteiger charge is 2.24. The van der Waals surface area contributed by atoms with E-state index < -0.39 is 5.97 Å². The standard InChI is InChI=1S/C18H21FN2O3/c1-11-15(18(23)24-4)12(2)20-16(11)17(22)21(3)10-9-13-5-7-14(19)8-6-13/h5-8,20H,9-10H2,1-4H3. The fourth-order valence-electron chi connectivity index (χ4n) is 2.61. The number of aromatic amines is 1. The third-order valence-electron chi connectivity index (χ3n) is 4.04. The van der Waals surface area contributed by atoms with Crippen molar-refractivity contribution in [3.05, 3.63) is 58.2 Å². The van der Waals surface area contributed by atoms with Crippen LogP contribution in [0.25, 0.3) is 0 Å². The summed E-state index contributed by atoms with van der Waals surface area (Å²) in [6.07, 6.45) is 0.616. The number of nitrogens with one attached hydrogen (secondary N) is 1. The average molecular weight is 332 g/mol. The molecule has 0 saturated carbocycles. The van der Waals surface area contributed by atoms with Crippen molar-refractivity contribution in [3.63, 3.8) is 0 Å². The van der Waals surface area contributed by atoms with E-state index in [9.17, 15) is 14.0 Å². The Balaban J connectivity index is 2.10. The number of halogens is 1. The number of methoxy groups -OCH3 is 1. The summed E-state index contributed by atoms with van der Waals surface area (Å²) in [5, 5.41) is 0. The maximum Gasteiger partial charge on any atom is 0.339 e. The molecule has 2 aromatic rings. The lowest BCUT2D eigenvalue weighted by atomic mass is 10.1. The van der Waals surface area contributed by atoms with Crippen LogP contribution in [0.1, 0.15) is 37.7 Å². The first-order valence-corrected chi connectivity index (χ1v) is 7.62. The number of aromatic nitrogens is 1. The zero-order valence-electron chi connectivity index (χ0n) is 14.3. The van der Waals surface area contributed by atoms with Crippen molar-refractivity contribution in [2.45, 2.75) is 20.3 Å². The molecule has 2 rings (SSSR count). The van der Waals surface area contributed by atoms with E-state index in [-0.39, 0.29) is 11.7 Å². The van der Waals surface area contributed by atoms with E-state index in [0.717, 1.165) is 5.56 Å². The molecule has 1 aromatic heterocycles. The van der Waals surface area contributed by atoms with E-state index in [1.165, 1.54) is 19.2 Å². The number of ether oxygens (including phenoxy) is 1. The summed E-state index contributed by atoms with van der Waals surface area (Å²) in [4.78, 5) is 28.9. The Kier molecular flexibility index (Phi) is 5.39. The van der Waals surface area contributed by atoms with Crippen LogP contribution in [0.3, 0.4) is 0 Å². The average Bonchev–Trinajstić information content (AvgIpc) is 2.87. The fraction of sp³-hybridized carbons (Fsp3) is 0.333. The maximum atomic E-state index is 12.9. The van der Waals surface area contributed by atoms with Crippen LogP contribution in [0.4, 0.5) is 4.39 Å². The van der Waals surface area contributed by atoms with Crippen LogP contribution in [0.5, 0.6) is 0 Å². The zero-order valence-corrected chi connectivity index (χ0v) is 14.3. The van der Waals surface area contributed by atoms with Gasteiger partial charge in [-0.2, -0.15) is 0 Å². The predicted octanol–water partition coefficient (Wildman–Crippen LogP) is 2.87. The molecule has 0 fully saturated rings. The van der Waals surface area contributed by atoms with Gasteiger partial charge in [0.2, 0.25) is 0 Å². The lowest BCUT2D eigenvalue weighted by Crippen LogP contribution is -2.29. The number of benzene rings is 1. The molecule has 0 spiro atoms. The van der Waals surface area contributed by atoms with Crippen molar-refractivity contribution >= 4 is 11.9 Å². The van der Waals surface area contributed by atoms with Crippen LogP contribution < -0.4 is 0 Å². The van der Waals surface area contributed by atoms with Crippen molar-refractivity contribution in [1.82, 2.24) is 9.88 Å². The summed E-state index contributed by atoms with van der Waals surface area (Å²) in [5.74, 6) is -0.946. The van der Waals surface area contributed by atoms with Gasteiger partial charge in [-0.25, -0.2) is 9.18 Å². The molecule has 1 aromatic carbocycles. The normalized spacial score (nSPS) is 10.5. The minimum absolute atomic E-state index is 0.201. The van der Waals surface area contributed by atoms with Crippen molar-refractivity contribution in [1.29, 1.82) is 0 Å². The van der Waals surface area contributed by atoms with Crippen LogP contribution >= 0.6 is 0 Å². The van der Waals surface area contributed by atoms with Crippen LogP contribution in [0.15, 0.2) is 24.3 Å². The smallest absolute Gasteiger partial charge is 0.339 e. The van der Waals surface area contributed by atoms with Crippen molar-refractivity contribution in [2.24, 2.45) is 0 Å². The van der Waals surface area contributed by atoms with Gasteiger partial charge in [0.1, 0.15) is 11.5 Å². The summed E-state index contributed by atoms with van der Waals surface area (Å²) in [6.45, 7) is 3.93. The zero-order chi connectivity index (χ0) is 17.9. The molecule has 5 nitrogen and oxygen atoms in total. The van der Waals surface area contributed by atoms with Gasteiger partial charge in [-0.3, -0.25) is 4.79 Å². The Morgan fingerprint density at radius 3 is 2.42 bits per heavy atom. The highest BCUT2D eigenvalue weighted by molar-refractivity contribution is 6.00. The lowest BCUT2D eigenvalue weighted by Gasteiger charge is -2.17.